The zero-order chi connectivity index (χ0) is 18.7. The molecule has 0 radical (unpaired) electrons. The number of nitrogens with zero attached hydrogens (tertiary/aromatic N) is 1. The van der Waals surface area contributed by atoms with E-state index in [2.05, 4.69) is 10.6 Å². The van der Waals surface area contributed by atoms with Gasteiger partial charge >= 0.3 is 6.03 Å². The second-order valence-corrected chi connectivity index (χ2v) is 5.53. The Labute approximate surface area is 149 Å². The molecule has 25 heavy (non-hydrogen) atoms. The molecule has 0 aliphatic heterocycles. The second-order valence-electron chi connectivity index (χ2n) is 5.53. The van der Waals surface area contributed by atoms with E-state index < -0.39 is 6.03 Å². The zero-order valence-electron chi connectivity index (χ0n) is 15.6. The van der Waals surface area contributed by atoms with Crippen LogP contribution in [-0.2, 0) is 11.3 Å². The standard InChI is InChI=1S/C18H29N3O4/c1-5-10-19-18(23)20-17(22)13-21(6-2)12-14-8-9-15(25-7-3)16(11-14)24-4/h8-9,11H,5-7,10,12-13H2,1-4H3,(H2,19,20,22,23). The van der Waals surface area contributed by atoms with E-state index in [9.17, 15) is 9.59 Å². The summed E-state index contributed by atoms with van der Waals surface area (Å²) in [5, 5.41) is 4.96. The first-order chi connectivity index (χ1) is 12.0. The van der Waals surface area contributed by atoms with E-state index >= 15 is 0 Å². The van der Waals surface area contributed by atoms with Gasteiger partial charge in [-0.1, -0.05) is 19.9 Å². The van der Waals surface area contributed by atoms with Crippen molar-refractivity contribution in [3.05, 3.63) is 23.8 Å². The number of amides is 3. The number of imide groups is 1. The normalized spacial score (nSPS) is 10.4. The minimum Gasteiger partial charge on any atom is -0.493 e. The molecule has 140 valence electrons. The topological polar surface area (TPSA) is 79.9 Å². The van der Waals surface area contributed by atoms with E-state index in [1.165, 1.54) is 0 Å². The molecule has 0 saturated heterocycles. The van der Waals surface area contributed by atoms with E-state index in [-0.39, 0.29) is 12.5 Å². The lowest BCUT2D eigenvalue weighted by atomic mass is 10.2. The molecule has 0 heterocycles. The van der Waals surface area contributed by atoms with Gasteiger partial charge in [0.2, 0.25) is 5.91 Å². The van der Waals surface area contributed by atoms with Crippen molar-refractivity contribution in [2.75, 3.05) is 33.4 Å². The predicted molar refractivity (Wildman–Crippen MR) is 96.9 cm³/mol. The second kappa shape index (κ2) is 11.3. The average molecular weight is 351 g/mol. The largest absolute Gasteiger partial charge is 0.493 e. The Morgan fingerprint density at radius 2 is 1.92 bits per heavy atom. The fraction of sp³-hybridized carbons (Fsp3) is 0.556. The van der Waals surface area contributed by atoms with Crippen molar-refractivity contribution in [2.45, 2.75) is 33.7 Å². The van der Waals surface area contributed by atoms with Gasteiger partial charge in [0.25, 0.3) is 0 Å². The zero-order valence-corrected chi connectivity index (χ0v) is 15.6. The molecule has 2 N–H and O–H groups in total. The van der Waals surface area contributed by atoms with Gasteiger partial charge in [0.1, 0.15) is 0 Å². The van der Waals surface area contributed by atoms with Crippen LogP contribution in [0.5, 0.6) is 11.5 Å². The van der Waals surface area contributed by atoms with Gasteiger partial charge in [-0.15, -0.1) is 0 Å². The van der Waals surface area contributed by atoms with E-state index in [1.807, 2.05) is 43.9 Å². The maximum Gasteiger partial charge on any atom is 0.321 e. The Bertz CT molecular complexity index is 563. The maximum absolute atomic E-state index is 12.0. The van der Waals surface area contributed by atoms with Crippen LogP contribution < -0.4 is 20.1 Å². The van der Waals surface area contributed by atoms with E-state index in [1.54, 1.807) is 7.11 Å². The smallest absolute Gasteiger partial charge is 0.321 e. The van der Waals surface area contributed by atoms with Crippen LogP contribution in [0.25, 0.3) is 0 Å². The SMILES string of the molecule is CCCNC(=O)NC(=O)CN(CC)Cc1ccc(OCC)c(OC)c1. The van der Waals surface area contributed by atoms with Crippen LogP contribution in [0.2, 0.25) is 0 Å². The highest BCUT2D eigenvalue weighted by Crippen LogP contribution is 2.28. The molecular weight excluding hydrogens is 322 g/mol. The Hall–Kier alpha value is -2.28. The third-order valence-electron chi connectivity index (χ3n) is 3.54. The number of methoxy groups -OCH3 is 1. The summed E-state index contributed by atoms with van der Waals surface area (Å²) >= 11 is 0. The first-order valence-corrected chi connectivity index (χ1v) is 8.63. The van der Waals surface area contributed by atoms with E-state index in [4.69, 9.17) is 9.47 Å². The van der Waals surface area contributed by atoms with Gasteiger partial charge in [-0.25, -0.2) is 4.79 Å². The summed E-state index contributed by atoms with van der Waals surface area (Å²) in [7, 11) is 1.60. The van der Waals surface area contributed by atoms with Crippen molar-refractivity contribution in [1.29, 1.82) is 0 Å². The monoisotopic (exact) mass is 351 g/mol. The lowest BCUT2D eigenvalue weighted by Crippen LogP contribution is -2.44. The molecule has 0 spiro atoms. The van der Waals surface area contributed by atoms with E-state index in [0.29, 0.717) is 37.7 Å². The van der Waals surface area contributed by atoms with E-state index in [0.717, 1.165) is 12.0 Å². The van der Waals surface area contributed by atoms with Gasteiger partial charge in [-0.3, -0.25) is 15.0 Å². The average Bonchev–Trinajstić information content (AvgIpc) is 2.60. The molecule has 0 atom stereocenters. The van der Waals surface area contributed by atoms with Crippen molar-refractivity contribution >= 4 is 11.9 Å². The molecule has 3 amide bonds. The lowest BCUT2D eigenvalue weighted by molar-refractivity contribution is -0.121. The molecule has 0 aromatic heterocycles. The number of rotatable bonds is 10. The highest BCUT2D eigenvalue weighted by Gasteiger charge is 2.13. The van der Waals surface area contributed by atoms with Crippen LogP contribution in [0.15, 0.2) is 18.2 Å². The van der Waals surface area contributed by atoms with Crippen molar-refractivity contribution in [3.8, 4) is 11.5 Å². The maximum atomic E-state index is 12.0. The van der Waals surface area contributed by atoms with Crippen molar-refractivity contribution < 1.29 is 19.1 Å². The van der Waals surface area contributed by atoms with Gasteiger partial charge in [0.15, 0.2) is 11.5 Å². The van der Waals surface area contributed by atoms with Crippen LogP contribution in [0.3, 0.4) is 0 Å². The Morgan fingerprint density at radius 3 is 2.52 bits per heavy atom. The molecule has 0 fully saturated rings. The van der Waals surface area contributed by atoms with Gasteiger partial charge in [-0.2, -0.15) is 0 Å². The number of hydrogen-bond acceptors (Lipinski definition) is 5. The molecule has 0 aliphatic rings. The molecule has 0 saturated carbocycles. The summed E-state index contributed by atoms with van der Waals surface area (Å²) in [6.45, 7) is 8.34. The molecule has 1 aromatic rings. The molecule has 0 aliphatic carbocycles. The summed E-state index contributed by atoms with van der Waals surface area (Å²) in [6.07, 6.45) is 0.822. The summed E-state index contributed by atoms with van der Waals surface area (Å²) in [6, 6.07) is 5.26. The fourth-order valence-electron chi connectivity index (χ4n) is 2.27. The van der Waals surface area contributed by atoms with Crippen molar-refractivity contribution in [1.82, 2.24) is 15.5 Å². The molecule has 7 nitrogen and oxygen atoms in total. The molecule has 0 unspecified atom stereocenters. The van der Waals surface area contributed by atoms with Crippen molar-refractivity contribution in [3.63, 3.8) is 0 Å². The number of hydrogen-bond donors (Lipinski definition) is 2. The van der Waals surface area contributed by atoms with Crippen molar-refractivity contribution in [2.24, 2.45) is 0 Å². The highest BCUT2D eigenvalue weighted by atomic mass is 16.5. The Kier molecular flexibility index (Phi) is 9.39. The minimum absolute atomic E-state index is 0.144. The highest BCUT2D eigenvalue weighted by molar-refractivity contribution is 5.95. The van der Waals surface area contributed by atoms with Gasteiger partial charge in [0, 0.05) is 13.1 Å². The summed E-state index contributed by atoms with van der Waals surface area (Å²) in [5.41, 5.74) is 1.00. The predicted octanol–water partition coefficient (Wildman–Crippen LogP) is 2.15. The molecule has 7 heteroatoms. The number of carbonyl (C=O) groups excluding carboxylic acids is 2. The molecular formula is C18H29N3O4. The number of urea groups is 1. The van der Waals surface area contributed by atoms with Crippen LogP contribution in [0, 0.1) is 0 Å². The van der Waals surface area contributed by atoms with Gasteiger partial charge in [0.05, 0.1) is 20.3 Å². The third kappa shape index (κ3) is 7.43. The van der Waals surface area contributed by atoms with Crippen LogP contribution in [0.1, 0.15) is 32.8 Å². The first-order valence-electron chi connectivity index (χ1n) is 8.63. The Balaban J connectivity index is 2.63. The molecule has 1 rings (SSSR count). The first kappa shape index (κ1) is 20.8. The lowest BCUT2D eigenvalue weighted by Gasteiger charge is -2.20. The summed E-state index contributed by atoms with van der Waals surface area (Å²) in [5.74, 6) is 1.04. The number of ether oxygens (including phenoxy) is 2. The minimum atomic E-state index is -0.453. The number of likely N-dealkylation sites (N-methyl/N-ethyl adjacent to an activating group) is 1. The van der Waals surface area contributed by atoms with Crippen LogP contribution in [-0.4, -0.2) is 50.2 Å². The molecule has 1 aromatic carbocycles. The molecule has 0 bridgehead atoms. The Morgan fingerprint density at radius 1 is 1.16 bits per heavy atom. The number of nitrogens with one attached hydrogen (secondary N) is 2. The summed E-state index contributed by atoms with van der Waals surface area (Å²) < 4.78 is 10.9. The van der Waals surface area contributed by atoms with Crippen LogP contribution in [0.4, 0.5) is 4.79 Å². The van der Waals surface area contributed by atoms with Crippen LogP contribution >= 0.6 is 0 Å². The number of benzene rings is 1. The quantitative estimate of drug-likeness (QED) is 0.675. The third-order valence-corrected chi connectivity index (χ3v) is 3.54. The van der Waals surface area contributed by atoms with Gasteiger partial charge in [-0.05, 0) is 37.6 Å². The number of carbonyl (C=O) groups is 2. The van der Waals surface area contributed by atoms with Gasteiger partial charge < -0.3 is 14.8 Å². The fourth-order valence-corrected chi connectivity index (χ4v) is 2.27. The summed E-state index contributed by atoms with van der Waals surface area (Å²) in [4.78, 5) is 25.5.